The molecule has 5 N–H and O–H groups in total. The van der Waals surface area contributed by atoms with Gasteiger partial charge in [0.15, 0.2) is 0 Å². The molecule has 0 unspecified atom stereocenters. The van der Waals surface area contributed by atoms with E-state index < -0.39 is 40.4 Å². The fourth-order valence-electron chi connectivity index (χ4n) is 2.91. The van der Waals surface area contributed by atoms with Crippen molar-refractivity contribution >= 4 is 23.7 Å². The van der Waals surface area contributed by atoms with Crippen molar-refractivity contribution in [2.24, 2.45) is 0 Å². The summed E-state index contributed by atoms with van der Waals surface area (Å²) in [6.07, 6.45) is 0. The zero-order chi connectivity index (χ0) is 22.0. The number of benzene rings is 2. The van der Waals surface area contributed by atoms with E-state index in [9.17, 15) is 29.4 Å². The zero-order valence-electron chi connectivity index (χ0n) is 15.6. The van der Waals surface area contributed by atoms with Crippen LogP contribution in [0, 0.1) is 6.92 Å². The summed E-state index contributed by atoms with van der Waals surface area (Å²) in [5.74, 6) is -4.27. The average molecular weight is 408 g/mol. The number of carboxylic acid groups (broad SMARTS) is 2. The van der Waals surface area contributed by atoms with Crippen LogP contribution in [0.1, 0.15) is 36.6 Å². The molecule has 0 aliphatic carbocycles. The van der Waals surface area contributed by atoms with Crippen molar-refractivity contribution in [1.29, 1.82) is 0 Å². The van der Waals surface area contributed by atoms with Gasteiger partial charge >= 0.3 is 17.9 Å². The van der Waals surface area contributed by atoms with Gasteiger partial charge in [-0.1, -0.05) is 29.8 Å². The number of nitrogens with one attached hydrogen (secondary N) is 1. The van der Waals surface area contributed by atoms with Crippen LogP contribution in [0.3, 0.4) is 0 Å². The number of carbonyl (C=O) groups is 3. The van der Waals surface area contributed by atoms with Crippen LogP contribution in [-0.2, 0) is 0 Å². The fraction of sp³-hybridized carbons (Fsp3) is 0.0476. The van der Waals surface area contributed by atoms with Crippen molar-refractivity contribution in [3.05, 3.63) is 81.1 Å². The first kappa shape index (κ1) is 20.3. The zero-order valence-corrected chi connectivity index (χ0v) is 15.6. The van der Waals surface area contributed by atoms with Gasteiger partial charge in [-0.2, -0.15) is 0 Å². The number of carbonyl (C=O) groups excluding carboxylic acids is 1. The number of esters is 1. The largest absolute Gasteiger partial charge is 0.478 e. The van der Waals surface area contributed by atoms with E-state index in [1.165, 1.54) is 24.3 Å². The smallest absolute Gasteiger partial charge is 0.343 e. The second-order valence-corrected chi connectivity index (χ2v) is 6.39. The van der Waals surface area contributed by atoms with Gasteiger partial charge in [-0.05, 0) is 36.8 Å². The summed E-state index contributed by atoms with van der Waals surface area (Å²) in [4.78, 5) is 49.8. The van der Waals surface area contributed by atoms with Gasteiger partial charge < -0.3 is 25.7 Å². The average Bonchev–Trinajstić information content (AvgIpc) is 2.67. The standard InChI is InChI=1S/C21H16N2O7/c1-10-5-7-11(8-6-10)21(29)30-13-4-2-3-12(9-13)14-15(19(25)26)17(22)23-18(24)16(14)20(27)28/h2-9H,1H3,(H,25,26)(H,27,28)(H3,22,23,24). The number of ether oxygens (including phenoxy) is 1. The van der Waals surface area contributed by atoms with E-state index in [1.807, 2.05) is 11.9 Å². The highest BCUT2D eigenvalue weighted by molar-refractivity contribution is 6.07. The first-order valence-electron chi connectivity index (χ1n) is 8.60. The van der Waals surface area contributed by atoms with Gasteiger partial charge in [0, 0.05) is 5.56 Å². The fourth-order valence-corrected chi connectivity index (χ4v) is 2.91. The molecular weight excluding hydrogens is 392 g/mol. The highest BCUT2D eigenvalue weighted by Gasteiger charge is 2.26. The number of nitrogens with two attached hydrogens (primary N) is 1. The molecule has 0 saturated carbocycles. The first-order chi connectivity index (χ1) is 14.2. The van der Waals surface area contributed by atoms with Gasteiger partial charge in [0.1, 0.15) is 22.7 Å². The summed E-state index contributed by atoms with van der Waals surface area (Å²) in [6, 6.07) is 12.2. The van der Waals surface area contributed by atoms with Crippen molar-refractivity contribution < 1.29 is 29.3 Å². The Hall–Kier alpha value is -4.40. The number of H-pyrrole nitrogens is 1. The maximum atomic E-state index is 12.3. The molecule has 0 radical (unpaired) electrons. The number of carboxylic acids is 2. The molecule has 0 fully saturated rings. The number of aryl methyl sites for hydroxylation is 1. The van der Waals surface area contributed by atoms with Crippen LogP contribution >= 0.6 is 0 Å². The number of aromatic carboxylic acids is 2. The molecular formula is C21H16N2O7. The minimum absolute atomic E-state index is 0.0320. The van der Waals surface area contributed by atoms with Crippen LogP contribution in [-0.4, -0.2) is 33.1 Å². The van der Waals surface area contributed by atoms with Crippen molar-refractivity contribution in [1.82, 2.24) is 4.98 Å². The van der Waals surface area contributed by atoms with Crippen molar-refractivity contribution in [3.8, 4) is 16.9 Å². The van der Waals surface area contributed by atoms with E-state index >= 15 is 0 Å². The van der Waals surface area contributed by atoms with E-state index in [2.05, 4.69) is 0 Å². The monoisotopic (exact) mass is 408 g/mol. The molecule has 1 aromatic heterocycles. The molecule has 9 nitrogen and oxygen atoms in total. The second-order valence-electron chi connectivity index (χ2n) is 6.39. The van der Waals surface area contributed by atoms with Gasteiger partial charge in [-0.25, -0.2) is 14.4 Å². The van der Waals surface area contributed by atoms with Gasteiger partial charge in [0.05, 0.1) is 5.56 Å². The third-order valence-electron chi connectivity index (χ3n) is 4.29. The Balaban J connectivity index is 2.11. The lowest BCUT2D eigenvalue weighted by atomic mass is 9.95. The summed E-state index contributed by atoms with van der Waals surface area (Å²) in [6.45, 7) is 1.87. The number of aromatic amines is 1. The lowest BCUT2D eigenvalue weighted by molar-refractivity contribution is 0.0692. The third-order valence-corrected chi connectivity index (χ3v) is 4.29. The summed E-state index contributed by atoms with van der Waals surface area (Å²) in [5.41, 5.74) is 4.11. The molecule has 152 valence electrons. The number of hydrogen-bond donors (Lipinski definition) is 4. The Labute approximate surface area is 169 Å². The number of pyridine rings is 1. The normalized spacial score (nSPS) is 10.4. The maximum absolute atomic E-state index is 12.3. The number of hydrogen-bond acceptors (Lipinski definition) is 6. The predicted molar refractivity (Wildman–Crippen MR) is 107 cm³/mol. The summed E-state index contributed by atoms with van der Waals surface area (Å²) in [7, 11) is 0. The minimum Gasteiger partial charge on any atom is -0.478 e. The van der Waals surface area contributed by atoms with Crippen LogP contribution in [0.25, 0.3) is 11.1 Å². The number of aromatic nitrogens is 1. The van der Waals surface area contributed by atoms with Crippen molar-refractivity contribution in [2.45, 2.75) is 6.92 Å². The second kappa shape index (κ2) is 7.92. The van der Waals surface area contributed by atoms with Gasteiger partial charge in [0.2, 0.25) is 0 Å². The molecule has 0 saturated heterocycles. The van der Waals surface area contributed by atoms with E-state index in [1.54, 1.807) is 24.3 Å². The highest BCUT2D eigenvalue weighted by Crippen LogP contribution is 2.31. The molecule has 0 aliphatic rings. The molecule has 9 heteroatoms. The Morgan fingerprint density at radius 3 is 2.20 bits per heavy atom. The van der Waals surface area contributed by atoms with Crippen LogP contribution in [0.2, 0.25) is 0 Å². The van der Waals surface area contributed by atoms with Crippen molar-refractivity contribution in [2.75, 3.05) is 5.73 Å². The van der Waals surface area contributed by atoms with Gasteiger partial charge in [-0.15, -0.1) is 0 Å². The van der Waals surface area contributed by atoms with Crippen LogP contribution in [0.15, 0.2) is 53.3 Å². The quantitative estimate of drug-likeness (QED) is 0.370. The molecule has 0 bridgehead atoms. The Morgan fingerprint density at radius 1 is 0.967 bits per heavy atom. The number of rotatable bonds is 5. The third kappa shape index (κ3) is 3.90. The molecule has 2 aromatic carbocycles. The van der Waals surface area contributed by atoms with E-state index in [-0.39, 0.29) is 16.9 Å². The molecule has 1 heterocycles. The lowest BCUT2D eigenvalue weighted by Gasteiger charge is -2.13. The molecule has 0 amide bonds. The first-order valence-corrected chi connectivity index (χ1v) is 8.60. The SMILES string of the molecule is Cc1ccc(C(=O)Oc2cccc(-c3c(C(=O)O)c(N)[nH]c(=O)c3C(=O)O)c2)cc1. The maximum Gasteiger partial charge on any atom is 0.343 e. The summed E-state index contributed by atoms with van der Waals surface area (Å²) < 4.78 is 5.31. The van der Waals surface area contributed by atoms with Crippen molar-refractivity contribution in [3.63, 3.8) is 0 Å². The molecule has 0 aliphatic heterocycles. The Morgan fingerprint density at radius 2 is 1.60 bits per heavy atom. The van der Waals surface area contributed by atoms with Crippen LogP contribution < -0.4 is 16.0 Å². The van der Waals surface area contributed by atoms with Crippen LogP contribution in [0.5, 0.6) is 5.75 Å². The summed E-state index contributed by atoms with van der Waals surface area (Å²) >= 11 is 0. The summed E-state index contributed by atoms with van der Waals surface area (Å²) in [5, 5.41) is 19.0. The topological polar surface area (TPSA) is 160 Å². The minimum atomic E-state index is -1.63. The predicted octanol–water partition coefficient (Wildman–Crippen LogP) is 2.55. The molecule has 0 spiro atoms. The van der Waals surface area contributed by atoms with E-state index in [0.717, 1.165) is 5.56 Å². The number of nitrogen functional groups attached to an aromatic ring is 1. The molecule has 3 rings (SSSR count). The van der Waals surface area contributed by atoms with E-state index in [4.69, 9.17) is 10.5 Å². The van der Waals surface area contributed by atoms with Crippen LogP contribution in [0.4, 0.5) is 5.82 Å². The Bertz CT molecular complexity index is 1230. The molecule has 0 atom stereocenters. The molecule has 3 aromatic rings. The highest BCUT2D eigenvalue weighted by atomic mass is 16.5. The molecule has 30 heavy (non-hydrogen) atoms. The van der Waals surface area contributed by atoms with E-state index in [0.29, 0.717) is 5.56 Å². The van der Waals surface area contributed by atoms with Gasteiger partial charge in [-0.3, -0.25) is 4.79 Å². The number of anilines is 1. The van der Waals surface area contributed by atoms with Gasteiger partial charge in [0.25, 0.3) is 5.56 Å². The Kier molecular flexibility index (Phi) is 5.37. The lowest BCUT2D eigenvalue weighted by Crippen LogP contribution is -2.24.